The van der Waals surface area contributed by atoms with Gasteiger partial charge in [0, 0.05) is 11.3 Å². The monoisotopic (exact) mass is 222 g/mol. The van der Waals surface area contributed by atoms with E-state index in [2.05, 4.69) is 15.2 Å². The van der Waals surface area contributed by atoms with Crippen LogP contribution < -0.4 is 5.73 Å². The second-order valence-corrected chi connectivity index (χ2v) is 3.75. The van der Waals surface area contributed by atoms with E-state index in [9.17, 15) is 0 Å². The molecule has 4 nitrogen and oxygen atoms in total. The standard InChI is InChI=1S/C13H10N4/c14-10-7-5-9(6-8-10)13-15-11-3-1-2-4-12(11)16-17-13/h1-8H,14H2. The average Bonchev–Trinajstić information content (AvgIpc) is 2.39. The number of hydrogen-bond acceptors (Lipinski definition) is 4. The summed E-state index contributed by atoms with van der Waals surface area (Å²) in [4.78, 5) is 4.46. The fourth-order valence-corrected chi connectivity index (χ4v) is 1.64. The molecule has 1 aromatic heterocycles. The van der Waals surface area contributed by atoms with E-state index < -0.39 is 0 Å². The van der Waals surface area contributed by atoms with Crippen LogP contribution in [0.5, 0.6) is 0 Å². The van der Waals surface area contributed by atoms with Crippen LogP contribution >= 0.6 is 0 Å². The fraction of sp³-hybridized carbons (Fsp3) is 0. The second kappa shape index (κ2) is 3.83. The normalized spacial score (nSPS) is 10.6. The van der Waals surface area contributed by atoms with Crippen LogP contribution in [0.15, 0.2) is 48.5 Å². The van der Waals surface area contributed by atoms with E-state index >= 15 is 0 Å². The molecule has 0 bridgehead atoms. The summed E-state index contributed by atoms with van der Waals surface area (Å²) in [7, 11) is 0. The van der Waals surface area contributed by atoms with Crippen LogP contribution in [-0.2, 0) is 0 Å². The zero-order valence-electron chi connectivity index (χ0n) is 9.04. The van der Waals surface area contributed by atoms with Gasteiger partial charge < -0.3 is 5.73 Å². The van der Waals surface area contributed by atoms with Crippen molar-refractivity contribution in [1.82, 2.24) is 15.2 Å². The van der Waals surface area contributed by atoms with Crippen molar-refractivity contribution in [3.8, 4) is 11.4 Å². The van der Waals surface area contributed by atoms with E-state index in [0.717, 1.165) is 22.3 Å². The van der Waals surface area contributed by atoms with Gasteiger partial charge in [-0.25, -0.2) is 4.98 Å². The maximum Gasteiger partial charge on any atom is 0.182 e. The van der Waals surface area contributed by atoms with Crippen LogP contribution in [-0.4, -0.2) is 15.2 Å². The number of nitrogens with zero attached hydrogens (tertiary/aromatic N) is 3. The minimum absolute atomic E-state index is 0.615. The van der Waals surface area contributed by atoms with Crippen molar-refractivity contribution in [2.75, 3.05) is 5.73 Å². The Labute approximate surface area is 98.1 Å². The average molecular weight is 222 g/mol. The zero-order chi connectivity index (χ0) is 11.7. The number of nitrogens with two attached hydrogens (primary N) is 1. The zero-order valence-corrected chi connectivity index (χ0v) is 9.04. The Morgan fingerprint density at radius 1 is 0.765 bits per heavy atom. The summed E-state index contributed by atoms with van der Waals surface area (Å²) < 4.78 is 0. The number of anilines is 1. The summed E-state index contributed by atoms with van der Waals surface area (Å²) in [6.07, 6.45) is 0. The minimum atomic E-state index is 0.615. The lowest BCUT2D eigenvalue weighted by molar-refractivity contribution is 1.03. The van der Waals surface area contributed by atoms with Gasteiger partial charge in [-0.05, 0) is 36.4 Å². The Kier molecular flexibility index (Phi) is 2.19. The maximum atomic E-state index is 5.64. The fourth-order valence-electron chi connectivity index (χ4n) is 1.64. The van der Waals surface area contributed by atoms with Gasteiger partial charge in [-0.3, -0.25) is 0 Å². The van der Waals surface area contributed by atoms with Crippen molar-refractivity contribution >= 4 is 16.7 Å². The number of para-hydroxylation sites is 1. The van der Waals surface area contributed by atoms with E-state index in [1.807, 2.05) is 48.5 Å². The molecule has 0 atom stereocenters. The largest absolute Gasteiger partial charge is 0.399 e. The predicted octanol–water partition coefficient (Wildman–Crippen LogP) is 2.27. The summed E-state index contributed by atoms with van der Waals surface area (Å²) in [5.41, 5.74) is 8.92. The molecule has 0 saturated carbocycles. The van der Waals surface area contributed by atoms with Gasteiger partial charge in [0.15, 0.2) is 5.82 Å². The van der Waals surface area contributed by atoms with Crippen LogP contribution in [0.3, 0.4) is 0 Å². The molecule has 0 spiro atoms. The van der Waals surface area contributed by atoms with Crippen LogP contribution in [0.4, 0.5) is 5.69 Å². The molecule has 17 heavy (non-hydrogen) atoms. The van der Waals surface area contributed by atoms with E-state index in [4.69, 9.17) is 5.73 Å². The number of benzene rings is 2. The lowest BCUT2D eigenvalue weighted by Gasteiger charge is -2.01. The molecular weight excluding hydrogens is 212 g/mol. The molecule has 3 aromatic rings. The molecule has 0 aliphatic carbocycles. The quantitative estimate of drug-likeness (QED) is 0.641. The van der Waals surface area contributed by atoms with Gasteiger partial charge in [0.25, 0.3) is 0 Å². The number of aromatic nitrogens is 3. The van der Waals surface area contributed by atoms with Gasteiger partial charge >= 0.3 is 0 Å². The molecule has 1 heterocycles. The summed E-state index contributed by atoms with van der Waals surface area (Å²) in [5, 5.41) is 8.24. The van der Waals surface area contributed by atoms with Crippen LogP contribution in [0.25, 0.3) is 22.4 Å². The topological polar surface area (TPSA) is 64.7 Å². The molecular formula is C13H10N4. The SMILES string of the molecule is Nc1ccc(-c2nnc3ccccc3n2)cc1. The summed E-state index contributed by atoms with van der Waals surface area (Å²) in [6.45, 7) is 0. The minimum Gasteiger partial charge on any atom is -0.399 e. The Morgan fingerprint density at radius 3 is 2.24 bits per heavy atom. The molecule has 0 fully saturated rings. The van der Waals surface area contributed by atoms with Crippen LogP contribution in [0.1, 0.15) is 0 Å². The molecule has 82 valence electrons. The Morgan fingerprint density at radius 2 is 1.47 bits per heavy atom. The van der Waals surface area contributed by atoms with Crippen molar-refractivity contribution in [3.63, 3.8) is 0 Å². The Balaban J connectivity index is 2.14. The first-order valence-corrected chi connectivity index (χ1v) is 5.28. The molecule has 4 heteroatoms. The lowest BCUT2D eigenvalue weighted by Crippen LogP contribution is -1.94. The Hall–Kier alpha value is -2.49. The summed E-state index contributed by atoms with van der Waals surface area (Å²) in [6, 6.07) is 15.1. The third kappa shape index (κ3) is 1.80. The van der Waals surface area contributed by atoms with Crippen molar-refractivity contribution in [1.29, 1.82) is 0 Å². The van der Waals surface area contributed by atoms with E-state index in [0.29, 0.717) is 5.82 Å². The van der Waals surface area contributed by atoms with Crippen molar-refractivity contribution in [2.24, 2.45) is 0 Å². The third-order valence-corrected chi connectivity index (χ3v) is 2.53. The van der Waals surface area contributed by atoms with Crippen LogP contribution in [0.2, 0.25) is 0 Å². The Bertz CT molecular complexity index is 662. The number of hydrogen-bond donors (Lipinski definition) is 1. The number of nitrogen functional groups attached to an aromatic ring is 1. The number of rotatable bonds is 1. The van der Waals surface area contributed by atoms with Gasteiger partial charge in [0.2, 0.25) is 0 Å². The molecule has 0 saturated heterocycles. The summed E-state index contributed by atoms with van der Waals surface area (Å²) >= 11 is 0. The number of fused-ring (bicyclic) bond motifs is 1. The summed E-state index contributed by atoms with van der Waals surface area (Å²) in [5.74, 6) is 0.615. The van der Waals surface area contributed by atoms with E-state index in [-0.39, 0.29) is 0 Å². The van der Waals surface area contributed by atoms with Gasteiger partial charge in [0.05, 0.1) is 5.52 Å². The van der Waals surface area contributed by atoms with Gasteiger partial charge in [-0.2, -0.15) is 0 Å². The van der Waals surface area contributed by atoms with Gasteiger partial charge in [0.1, 0.15) is 5.52 Å². The molecule has 0 aliphatic rings. The van der Waals surface area contributed by atoms with Crippen molar-refractivity contribution < 1.29 is 0 Å². The first-order valence-electron chi connectivity index (χ1n) is 5.28. The molecule has 0 aliphatic heterocycles. The molecule has 2 aromatic carbocycles. The molecule has 3 rings (SSSR count). The second-order valence-electron chi connectivity index (χ2n) is 3.75. The lowest BCUT2D eigenvalue weighted by atomic mass is 10.2. The highest BCUT2D eigenvalue weighted by atomic mass is 15.1. The van der Waals surface area contributed by atoms with E-state index in [1.54, 1.807) is 0 Å². The molecule has 0 amide bonds. The van der Waals surface area contributed by atoms with Gasteiger partial charge in [-0.1, -0.05) is 12.1 Å². The molecule has 0 radical (unpaired) electrons. The highest BCUT2D eigenvalue weighted by Crippen LogP contribution is 2.17. The van der Waals surface area contributed by atoms with Crippen molar-refractivity contribution in [3.05, 3.63) is 48.5 Å². The smallest absolute Gasteiger partial charge is 0.182 e. The maximum absolute atomic E-state index is 5.64. The van der Waals surface area contributed by atoms with Gasteiger partial charge in [-0.15, -0.1) is 10.2 Å². The predicted molar refractivity (Wildman–Crippen MR) is 67.2 cm³/mol. The highest BCUT2D eigenvalue weighted by molar-refractivity contribution is 5.75. The first kappa shape index (κ1) is 9.72. The third-order valence-electron chi connectivity index (χ3n) is 2.53. The first-order chi connectivity index (χ1) is 8.33. The molecule has 0 unspecified atom stereocenters. The molecule has 2 N–H and O–H groups in total. The van der Waals surface area contributed by atoms with E-state index in [1.165, 1.54) is 0 Å². The van der Waals surface area contributed by atoms with Crippen LogP contribution in [0, 0.1) is 0 Å². The van der Waals surface area contributed by atoms with Crippen molar-refractivity contribution in [2.45, 2.75) is 0 Å². The highest BCUT2D eigenvalue weighted by Gasteiger charge is 2.03.